The van der Waals surface area contributed by atoms with Crippen molar-refractivity contribution >= 4 is 17.6 Å². The van der Waals surface area contributed by atoms with E-state index in [4.69, 9.17) is 17.3 Å². The molecule has 0 heterocycles. The number of carbonyl (C=O) groups is 1. The first-order valence-corrected chi connectivity index (χ1v) is 2.70. The van der Waals surface area contributed by atoms with Gasteiger partial charge in [0, 0.05) is 0 Å². The highest BCUT2D eigenvalue weighted by molar-refractivity contribution is 6.17. The molecule has 0 bridgehead atoms. The highest BCUT2D eigenvalue weighted by Crippen LogP contribution is 1.84. The third kappa shape index (κ3) is 2.82. The Hall–Kier alpha value is -0.280. The molecule has 2 N–H and O–H groups in total. The lowest BCUT2D eigenvalue weighted by atomic mass is 10.4. The SMILES string of the molecule is CC(N)C(=O)OCCl. The normalized spacial score (nSPS) is 12.9. The van der Waals surface area contributed by atoms with Crippen LogP contribution in [0.2, 0.25) is 0 Å². The Kier molecular flexibility index (Phi) is 3.56. The summed E-state index contributed by atoms with van der Waals surface area (Å²) in [5.41, 5.74) is 5.09. The van der Waals surface area contributed by atoms with Crippen molar-refractivity contribution in [2.24, 2.45) is 5.73 Å². The van der Waals surface area contributed by atoms with E-state index in [1.807, 2.05) is 0 Å². The lowest BCUT2D eigenvalue weighted by Gasteiger charge is -2.01. The minimum absolute atomic E-state index is 0.125. The summed E-state index contributed by atoms with van der Waals surface area (Å²) in [7, 11) is 0. The Morgan fingerprint density at radius 2 is 2.50 bits per heavy atom. The minimum Gasteiger partial charge on any atom is -0.448 e. The number of hydrogen-bond acceptors (Lipinski definition) is 3. The van der Waals surface area contributed by atoms with Crippen LogP contribution in [0, 0.1) is 0 Å². The molecule has 0 aromatic heterocycles. The van der Waals surface area contributed by atoms with Gasteiger partial charge in [-0.15, -0.1) is 0 Å². The number of ether oxygens (including phenoxy) is 1. The van der Waals surface area contributed by atoms with Gasteiger partial charge < -0.3 is 10.5 Å². The van der Waals surface area contributed by atoms with Gasteiger partial charge in [0.05, 0.1) is 0 Å². The maximum Gasteiger partial charge on any atom is 0.323 e. The maximum absolute atomic E-state index is 10.3. The second-order valence-electron chi connectivity index (χ2n) is 1.36. The van der Waals surface area contributed by atoms with Crippen molar-refractivity contribution in [2.75, 3.05) is 6.07 Å². The summed E-state index contributed by atoms with van der Waals surface area (Å²) in [6.07, 6.45) is 0. The first kappa shape index (κ1) is 7.72. The molecule has 0 spiro atoms. The summed E-state index contributed by atoms with van der Waals surface area (Å²) in [6, 6.07) is -0.700. The van der Waals surface area contributed by atoms with Gasteiger partial charge in [-0.3, -0.25) is 4.79 Å². The first-order valence-electron chi connectivity index (χ1n) is 2.16. The lowest BCUT2D eigenvalue weighted by Crippen LogP contribution is -2.28. The fourth-order valence-corrected chi connectivity index (χ4v) is 0.293. The van der Waals surface area contributed by atoms with E-state index in [0.29, 0.717) is 0 Å². The van der Waals surface area contributed by atoms with Crippen molar-refractivity contribution in [3.8, 4) is 0 Å². The molecule has 48 valence electrons. The van der Waals surface area contributed by atoms with Crippen LogP contribution in [-0.4, -0.2) is 18.1 Å². The second-order valence-corrected chi connectivity index (χ2v) is 1.58. The molecule has 3 nitrogen and oxygen atoms in total. The molecule has 1 unspecified atom stereocenters. The van der Waals surface area contributed by atoms with Gasteiger partial charge in [-0.1, -0.05) is 11.6 Å². The van der Waals surface area contributed by atoms with E-state index in [0.717, 1.165) is 0 Å². The van der Waals surface area contributed by atoms with Crippen molar-refractivity contribution in [1.82, 2.24) is 0 Å². The molecule has 0 aromatic carbocycles. The Morgan fingerprint density at radius 1 is 2.00 bits per heavy atom. The van der Waals surface area contributed by atoms with Crippen LogP contribution in [-0.2, 0) is 9.53 Å². The Morgan fingerprint density at radius 3 is 2.62 bits per heavy atom. The van der Waals surface area contributed by atoms with E-state index in [1.54, 1.807) is 0 Å². The van der Waals surface area contributed by atoms with Gasteiger partial charge in [0.15, 0.2) is 6.07 Å². The molecule has 4 heteroatoms. The van der Waals surface area contributed by atoms with Crippen LogP contribution < -0.4 is 5.73 Å². The Balaban J connectivity index is 3.33. The van der Waals surface area contributed by atoms with Crippen LogP contribution >= 0.6 is 11.6 Å². The molecule has 0 aromatic rings. The summed E-state index contributed by atoms with van der Waals surface area (Å²) in [4.78, 5) is 10.3. The largest absolute Gasteiger partial charge is 0.448 e. The predicted octanol–water partition coefficient (Wildman–Crippen LogP) is 0.0731. The van der Waals surface area contributed by atoms with Crippen LogP contribution in [0.5, 0.6) is 0 Å². The van der Waals surface area contributed by atoms with Gasteiger partial charge in [0.25, 0.3) is 0 Å². The summed E-state index contributed by atoms with van der Waals surface area (Å²) in [5, 5.41) is 0. The van der Waals surface area contributed by atoms with Gasteiger partial charge in [0.1, 0.15) is 6.04 Å². The number of nitrogens with two attached hydrogens (primary N) is 1. The molecule has 0 saturated carbocycles. The monoisotopic (exact) mass is 137 g/mol. The minimum atomic E-state index is -0.575. The third-order valence-electron chi connectivity index (χ3n) is 0.569. The molecule has 1 atom stereocenters. The number of rotatable bonds is 2. The van der Waals surface area contributed by atoms with Crippen molar-refractivity contribution < 1.29 is 9.53 Å². The van der Waals surface area contributed by atoms with E-state index >= 15 is 0 Å². The van der Waals surface area contributed by atoms with E-state index in [-0.39, 0.29) is 6.07 Å². The summed E-state index contributed by atoms with van der Waals surface area (Å²) >= 11 is 5.04. The van der Waals surface area contributed by atoms with E-state index in [2.05, 4.69) is 4.74 Å². The average Bonchev–Trinajstić information content (AvgIpc) is 1.67. The zero-order valence-corrected chi connectivity index (χ0v) is 5.31. The van der Waals surface area contributed by atoms with E-state index in [1.165, 1.54) is 6.92 Å². The second kappa shape index (κ2) is 3.69. The first-order chi connectivity index (χ1) is 3.68. The molecule has 0 rings (SSSR count). The molecular formula is C4H8ClNO2. The molecule has 0 amide bonds. The Labute approximate surface area is 52.8 Å². The number of halogens is 1. The summed E-state index contributed by atoms with van der Waals surface area (Å²) in [5.74, 6) is -0.472. The van der Waals surface area contributed by atoms with Gasteiger partial charge in [0.2, 0.25) is 0 Å². The van der Waals surface area contributed by atoms with Gasteiger partial charge >= 0.3 is 5.97 Å². The Bertz CT molecular complexity index is 84.1. The molecular weight excluding hydrogens is 130 g/mol. The number of carbonyl (C=O) groups excluding carboxylic acids is 1. The lowest BCUT2D eigenvalue weighted by molar-refractivity contribution is -0.142. The molecule has 8 heavy (non-hydrogen) atoms. The van der Waals surface area contributed by atoms with Crippen LogP contribution in [0.4, 0.5) is 0 Å². The van der Waals surface area contributed by atoms with Crippen LogP contribution in [0.15, 0.2) is 0 Å². The van der Waals surface area contributed by atoms with Crippen LogP contribution in [0.3, 0.4) is 0 Å². The van der Waals surface area contributed by atoms with Gasteiger partial charge in [-0.05, 0) is 6.92 Å². The van der Waals surface area contributed by atoms with Crippen molar-refractivity contribution in [3.05, 3.63) is 0 Å². The van der Waals surface area contributed by atoms with E-state index in [9.17, 15) is 4.79 Å². The molecule has 0 aliphatic carbocycles. The number of hydrogen-bond donors (Lipinski definition) is 1. The average molecular weight is 138 g/mol. The maximum atomic E-state index is 10.3. The van der Waals surface area contributed by atoms with E-state index < -0.39 is 12.0 Å². The predicted molar refractivity (Wildman–Crippen MR) is 30.5 cm³/mol. The number of esters is 1. The fourth-order valence-electron chi connectivity index (χ4n) is 0.185. The summed E-state index contributed by atoms with van der Waals surface area (Å²) in [6.45, 7) is 1.54. The highest BCUT2D eigenvalue weighted by Gasteiger charge is 2.05. The van der Waals surface area contributed by atoms with Gasteiger partial charge in [-0.25, -0.2) is 0 Å². The van der Waals surface area contributed by atoms with Crippen molar-refractivity contribution in [3.63, 3.8) is 0 Å². The molecule has 0 radical (unpaired) electrons. The molecule has 0 saturated heterocycles. The van der Waals surface area contributed by atoms with Crippen molar-refractivity contribution in [1.29, 1.82) is 0 Å². The third-order valence-corrected chi connectivity index (χ3v) is 0.678. The zero-order valence-electron chi connectivity index (χ0n) is 4.56. The van der Waals surface area contributed by atoms with Crippen LogP contribution in [0.25, 0.3) is 0 Å². The standard InChI is InChI=1S/C4H8ClNO2/c1-3(6)4(7)8-2-5/h3H,2,6H2,1H3. The van der Waals surface area contributed by atoms with Crippen LogP contribution in [0.1, 0.15) is 6.92 Å². The molecule has 0 aliphatic heterocycles. The number of alkyl halides is 1. The molecule has 0 aliphatic rings. The fraction of sp³-hybridized carbons (Fsp3) is 0.750. The van der Waals surface area contributed by atoms with Crippen molar-refractivity contribution in [2.45, 2.75) is 13.0 Å². The quantitative estimate of drug-likeness (QED) is 0.433. The smallest absolute Gasteiger partial charge is 0.323 e. The topological polar surface area (TPSA) is 52.3 Å². The zero-order chi connectivity index (χ0) is 6.57. The summed E-state index contributed by atoms with van der Waals surface area (Å²) < 4.78 is 4.30. The van der Waals surface area contributed by atoms with Gasteiger partial charge in [-0.2, -0.15) is 0 Å². The molecule has 0 fully saturated rings. The highest BCUT2D eigenvalue weighted by atomic mass is 35.5.